The highest BCUT2D eigenvalue weighted by atomic mass is 32.2. The summed E-state index contributed by atoms with van der Waals surface area (Å²) in [4.78, 5) is 2.01. The Hall–Kier alpha value is -1.50. The van der Waals surface area contributed by atoms with Crippen molar-refractivity contribution in [3.63, 3.8) is 0 Å². The van der Waals surface area contributed by atoms with Crippen LogP contribution in [0.5, 0.6) is 0 Å². The van der Waals surface area contributed by atoms with Gasteiger partial charge in [0.25, 0.3) is 0 Å². The van der Waals surface area contributed by atoms with E-state index in [9.17, 15) is 8.42 Å². The standard InChI is InChI=1S/C15H18N2O2S2/c1-10-4-7-14(11(2)8-10)20-15-9-12(5-6-13(15)16)21(18,19)17-3/h4-9,17H,16H2,1-3H3. The third kappa shape index (κ3) is 3.58. The molecule has 3 N–H and O–H groups in total. The summed E-state index contributed by atoms with van der Waals surface area (Å²) < 4.78 is 26.0. The first-order chi connectivity index (χ1) is 9.83. The van der Waals surface area contributed by atoms with Crippen molar-refractivity contribution in [1.82, 2.24) is 4.72 Å². The number of benzene rings is 2. The Morgan fingerprint density at radius 3 is 2.38 bits per heavy atom. The third-order valence-corrected chi connectivity index (χ3v) is 5.78. The average molecular weight is 322 g/mol. The quantitative estimate of drug-likeness (QED) is 0.849. The van der Waals surface area contributed by atoms with Gasteiger partial charge in [-0.2, -0.15) is 0 Å². The maximum absolute atomic E-state index is 11.9. The molecule has 0 atom stereocenters. The minimum Gasteiger partial charge on any atom is -0.398 e. The fourth-order valence-electron chi connectivity index (χ4n) is 1.92. The van der Waals surface area contributed by atoms with Gasteiger partial charge in [0.15, 0.2) is 0 Å². The molecule has 0 fully saturated rings. The van der Waals surface area contributed by atoms with Crippen molar-refractivity contribution in [1.29, 1.82) is 0 Å². The molecule has 0 heterocycles. The van der Waals surface area contributed by atoms with Gasteiger partial charge in [0, 0.05) is 15.5 Å². The Kier molecular flexibility index (Phi) is 4.61. The van der Waals surface area contributed by atoms with E-state index in [-0.39, 0.29) is 4.90 Å². The van der Waals surface area contributed by atoms with Crippen molar-refractivity contribution in [3.8, 4) is 0 Å². The van der Waals surface area contributed by atoms with Crippen LogP contribution in [-0.2, 0) is 10.0 Å². The van der Waals surface area contributed by atoms with Gasteiger partial charge in [-0.15, -0.1) is 0 Å². The molecule has 0 radical (unpaired) electrons. The highest BCUT2D eigenvalue weighted by Crippen LogP contribution is 2.35. The van der Waals surface area contributed by atoms with E-state index in [4.69, 9.17) is 5.73 Å². The zero-order valence-corrected chi connectivity index (χ0v) is 13.8. The molecule has 0 aliphatic rings. The topological polar surface area (TPSA) is 72.2 Å². The summed E-state index contributed by atoms with van der Waals surface area (Å²) in [6, 6.07) is 10.9. The molecule has 0 bridgehead atoms. The number of aryl methyl sites for hydroxylation is 2. The smallest absolute Gasteiger partial charge is 0.240 e. The predicted molar refractivity (Wildman–Crippen MR) is 87.1 cm³/mol. The fourth-order valence-corrected chi connectivity index (χ4v) is 3.72. The summed E-state index contributed by atoms with van der Waals surface area (Å²) in [5, 5.41) is 0. The maximum Gasteiger partial charge on any atom is 0.240 e. The number of nitrogens with two attached hydrogens (primary N) is 1. The lowest BCUT2D eigenvalue weighted by Gasteiger charge is -2.11. The summed E-state index contributed by atoms with van der Waals surface area (Å²) in [5.74, 6) is 0. The van der Waals surface area contributed by atoms with Crippen LogP contribution in [-0.4, -0.2) is 15.5 Å². The summed E-state index contributed by atoms with van der Waals surface area (Å²) in [6.07, 6.45) is 0. The molecule has 4 nitrogen and oxygen atoms in total. The number of nitrogens with one attached hydrogen (secondary N) is 1. The minimum absolute atomic E-state index is 0.214. The highest BCUT2D eigenvalue weighted by molar-refractivity contribution is 7.99. The van der Waals surface area contributed by atoms with Crippen LogP contribution in [0.1, 0.15) is 11.1 Å². The van der Waals surface area contributed by atoms with Gasteiger partial charge in [0.2, 0.25) is 10.0 Å². The first-order valence-corrected chi connectivity index (χ1v) is 8.71. The molecule has 2 aromatic rings. The van der Waals surface area contributed by atoms with Crippen molar-refractivity contribution in [3.05, 3.63) is 47.5 Å². The van der Waals surface area contributed by atoms with Gasteiger partial charge in [-0.1, -0.05) is 29.5 Å². The second kappa shape index (κ2) is 6.09. The van der Waals surface area contributed by atoms with Gasteiger partial charge in [0.1, 0.15) is 0 Å². The molecule has 0 aliphatic heterocycles. The zero-order chi connectivity index (χ0) is 15.6. The van der Waals surface area contributed by atoms with Crippen LogP contribution in [0, 0.1) is 13.8 Å². The Balaban J connectivity index is 2.42. The van der Waals surface area contributed by atoms with Gasteiger partial charge >= 0.3 is 0 Å². The number of rotatable bonds is 4. The van der Waals surface area contributed by atoms with Crippen molar-refractivity contribution < 1.29 is 8.42 Å². The SMILES string of the molecule is CNS(=O)(=O)c1ccc(N)c(Sc2ccc(C)cc2C)c1. The van der Waals surface area contributed by atoms with Crippen LogP contribution in [0.15, 0.2) is 51.1 Å². The second-order valence-electron chi connectivity index (χ2n) is 4.78. The normalized spacial score (nSPS) is 11.6. The average Bonchev–Trinajstić information content (AvgIpc) is 2.43. The minimum atomic E-state index is -3.47. The third-order valence-electron chi connectivity index (χ3n) is 3.11. The largest absolute Gasteiger partial charge is 0.398 e. The monoisotopic (exact) mass is 322 g/mol. The maximum atomic E-state index is 11.9. The second-order valence-corrected chi connectivity index (χ2v) is 7.75. The summed E-state index contributed by atoms with van der Waals surface area (Å²) in [7, 11) is -2.07. The summed E-state index contributed by atoms with van der Waals surface area (Å²) in [5.41, 5.74) is 8.86. The zero-order valence-electron chi connectivity index (χ0n) is 12.2. The van der Waals surface area contributed by atoms with E-state index in [0.29, 0.717) is 5.69 Å². The van der Waals surface area contributed by atoms with Gasteiger partial charge in [-0.3, -0.25) is 0 Å². The van der Waals surface area contributed by atoms with E-state index in [1.54, 1.807) is 12.1 Å². The van der Waals surface area contributed by atoms with Gasteiger partial charge < -0.3 is 5.73 Å². The molecular weight excluding hydrogens is 304 g/mol. The van der Waals surface area contributed by atoms with E-state index in [1.165, 1.54) is 30.4 Å². The molecule has 0 saturated heterocycles. The highest BCUT2D eigenvalue weighted by Gasteiger charge is 2.14. The van der Waals surface area contributed by atoms with Crippen LogP contribution in [0.2, 0.25) is 0 Å². The van der Waals surface area contributed by atoms with Crippen LogP contribution in [0.25, 0.3) is 0 Å². The number of sulfonamides is 1. The molecule has 21 heavy (non-hydrogen) atoms. The number of nitrogen functional groups attached to an aromatic ring is 1. The van der Waals surface area contributed by atoms with Gasteiger partial charge in [-0.25, -0.2) is 13.1 Å². The molecule has 112 valence electrons. The number of hydrogen-bond donors (Lipinski definition) is 2. The molecule has 0 spiro atoms. The molecular formula is C15H18N2O2S2. The van der Waals surface area contributed by atoms with Crippen LogP contribution in [0.4, 0.5) is 5.69 Å². The van der Waals surface area contributed by atoms with Gasteiger partial charge in [-0.05, 0) is 50.7 Å². The molecule has 2 aromatic carbocycles. The summed E-state index contributed by atoms with van der Waals surface area (Å²) in [6.45, 7) is 4.07. The molecule has 0 unspecified atom stereocenters. The van der Waals surface area contributed by atoms with Crippen LogP contribution in [0.3, 0.4) is 0 Å². The van der Waals surface area contributed by atoms with Crippen molar-refractivity contribution in [2.45, 2.75) is 28.5 Å². The van der Waals surface area contributed by atoms with E-state index >= 15 is 0 Å². The lowest BCUT2D eigenvalue weighted by Crippen LogP contribution is -2.18. The van der Waals surface area contributed by atoms with E-state index < -0.39 is 10.0 Å². The van der Waals surface area contributed by atoms with E-state index in [2.05, 4.69) is 10.8 Å². The lowest BCUT2D eigenvalue weighted by molar-refractivity contribution is 0.588. The molecule has 2 rings (SSSR count). The molecule has 0 saturated carbocycles. The fraction of sp³-hybridized carbons (Fsp3) is 0.200. The number of anilines is 1. The predicted octanol–water partition coefficient (Wildman–Crippen LogP) is 2.94. The lowest BCUT2D eigenvalue weighted by atomic mass is 10.2. The Labute approximate surface area is 129 Å². The van der Waals surface area contributed by atoms with E-state index in [0.717, 1.165) is 15.4 Å². The Morgan fingerprint density at radius 2 is 1.76 bits per heavy atom. The summed E-state index contributed by atoms with van der Waals surface area (Å²) >= 11 is 1.47. The molecule has 0 aromatic heterocycles. The van der Waals surface area contributed by atoms with Crippen molar-refractivity contribution in [2.75, 3.05) is 12.8 Å². The molecule has 0 aliphatic carbocycles. The van der Waals surface area contributed by atoms with Crippen LogP contribution < -0.4 is 10.5 Å². The molecule has 0 amide bonds. The molecule has 6 heteroatoms. The number of hydrogen-bond acceptors (Lipinski definition) is 4. The van der Waals surface area contributed by atoms with Crippen LogP contribution >= 0.6 is 11.8 Å². The Morgan fingerprint density at radius 1 is 1.05 bits per heavy atom. The first kappa shape index (κ1) is 15.9. The van der Waals surface area contributed by atoms with Gasteiger partial charge in [0.05, 0.1) is 4.90 Å². The van der Waals surface area contributed by atoms with Crippen molar-refractivity contribution >= 4 is 27.5 Å². The van der Waals surface area contributed by atoms with E-state index in [1.807, 2.05) is 26.0 Å². The Bertz CT molecular complexity index is 771. The van der Waals surface area contributed by atoms with Crippen molar-refractivity contribution in [2.24, 2.45) is 0 Å². The first-order valence-electron chi connectivity index (χ1n) is 6.41.